The fourth-order valence-corrected chi connectivity index (χ4v) is 3.48. The molecule has 1 heterocycles. The van der Waals surface area contributed by atoms with Gasteiger partial charge in [0.15, 0.2) is 11.5 Å². The number of ether oxygens (including phenoxy) is 2. The van der Waals surface area contributed by atoms with E-state index in [-0.39, 0.29) is 36.3 Å². The van der Waals surface area contributed by atoms with Gasteiger partial charge in [-0.2, -0.15) is 8.78 Å². The van der Waals surface area contributed by atoms with E-state index in [1.807, 2.05) is 12.1 Å². The highest BCUT2D eigenvalue weighted by atomic mass is 19.3. The van der Waals surface area contributed by atoms with Crippen LogP contribution in [0.15, 0.2) is 42.5 Å². The summed E-state index contributed by atoms with van der Waals surface area (Å²) in [5.74, 6) is -0.284. The predicted molar refractivity (Wildman–Crippen MR) is 107 cm³/mol. The van der Waals surface area contributed by atoms with E-state index in [1.54, 1.807) is 50.2 Å². The molecule has 0 saturated heterocycles. The molecule has 0 N–H and O–H groups in total. The van der Waals surface area contributed by atoms with E-state index >= 15 is 0 Å². The van der Waals surface area contributed by atoms with E-state index in [4.69, 9.17) is 4.74 Å². The number of benzene rings is 2. The Morgan fingerprint density at radius 3 is 2.53 bits per heavy atom. The van der Waals surface area contributed by atoms with Crippen LogP contribution in [0.1, 0.15) is 40.9 Å². The minimum Gasteiger partial charge on any atom is -0.490 e. The largest absolute Gasteiger partial charge is 0.490 e. The normalized spacial score (nSPS) is 13.9. The van der Waals surface area contributed by atoms with E-state index in [1.165, 1.54) is 11.0 Å². The van der Waals surface area contributed by atoms with Crippen molar-refractivity contribution in [3.05, 3.63) is 59.2 Å². The zero-order valence-corrected chi connectivity index (χ0v) is 17.1. The highest BCUT2D eigenvalue weighted by molar-refractivity contribution is 5.98. The fourth-order valence-electron chi connectivity index (χ4n) is 3.48. The topological polar surface area (TPSA) is 59.1 Å². The van der Waals surface area contributed by atoms with Crippen LogP contribution in [0.5, 0.6) is 11.5 Å². The van der Waals surface area contributed by atoms with E-state index in [9.17, 15) is 18.4 Å². The summed E-state index contributed by atoms with van der Waals surface area (Å²) in [6, 6.07) is 11.2. The molecule has 2 amide bonds. The first-order chi connectivity index (χ1) is 14.3. The van der Waals surface area contributed by atoms with E-state index < -0.39 is 12.7 Å². The molecular weight excluding hydrogens is 394 g/mol. The Hall–Kier alpha value is -3.16. The molecule has 0 bridgehead atoms. The first-order valence-electron chi connectivity index (χ1n) is 9.62. The molecule has 8 heteroatoms. The summed E-state index contributed by atoms with van der Waals surface area (Å²) in [5, 5.41) is 0. The molecule has 0 saturated carbocycles. The Morgan fingerprint density at radius 1 is 1.17 bits per heavy atom. The summed E-state index contributed by atoms with van der Waals surface area (Å²) in [6.45, 7) is -0.652. The fraction of sp³-hybridized carbons (Fsp3) is 0.364. The first-order valence-corrected chi connectivity index (χ1v) is 9.62. The number of hydrogen-bond acceptors (Lipinski definition) is 4. The van der Waals surface area contributed by atoms with Crippen LogP contribution >= 0.6 is 0 Å². The highest BCUT2D eigenvalue weighted by Gasteiger charge is 2.35. The Kier molecular flexibility index (Phi) is 6.54. The lowest BCUT2D eigenvalue weighted by atomic mass is 10.0. The van der Waals surface area contributed by atoms with Crippen LogP contribution in [-0.2, 0) is 11.3 Å². The van der Waals surface area contributed by atoms with Gasteiger partial charge in [0.2, 0.25) is 5.91 Å². The molecule has 1 aliphatic heterocycles. The third kappa shape index (κ3) is 4.53. The van der Waals surface area contributed by atoms with Gasteiger partial charge in [-0.25, -0.2) is 0 Å². The number of carbonyl (C=O) groups is 2. The van der Waals surface area contributed by atoms with Crippen LogP contribution < -0.4 is 9.47 Å². The number of rotatable bonds is 8. The minimum absolute atomic E-state index is 0.0490. The third-order valence-electron chi connectivity index (χ3n) is 4.96. The molecule has 3 rings (SSSR count). The minimum atomic E-state index is -2.99. The summed E-state index contributed by atoms with van der Waals surface area (Å²) in [6.07, 6.45) is 0.0490. The molecule has 0 aliphatic carbocycles. The number of fused-ring (bicyclic) bond motifs is 1. The van der Waals surface area contributed by atoms with Crippen LogP contribution in [0.2, 0.25) is 0 Å². The molecule has 6 nitrogen and oxygen atoms in total. The van der Waals surface area contributed by atoms with Crippen molar-refractivity contribution in [2.24, 2.45) is 0 Å². The van der Waals surface area contributed by atoms with Gasteiger partial charge in [0.1, 0.15) is 0 Å². The molecule has 2 aromatic carbocycles. The molecule has 0 aromatic heterocycles. The van der Waals surface area contributed by atoms with E-state index in [2.05, 4.69) is 4.74 Å². The Balaban J connectivity index is 2.00. The number of nitrogens with zero attached hydrogens (tertiary/aromatic N) is 2. The number of amides is 2. The lowest BCUT2D eigenvalue weighted by molar-refractivity contribution is -0.129. The van der Waals surface area contributed by atoms with E-state index in [0.717, 1.165) is 5.56 Å². The van der Waals surface area contributed by atoms with Gasteiger partial charge in [-0.1, -0.05) is 24.3 Å². The molecule has 0 spiro atoms. The quantitative estimate of drug-likeness (QED) is 0.653. The first kappa shape index (κ1) is 21.5. The monoisotopic (exact) mass is 418 g/mol. The van der Waals surface area contributed by atoms with Gasteiger partial charge in [-0.05, 0) is 36.2 Å². The van der Waals surface area contributed by atoms with Crippen molar-refractivity contribution in [2.45, 2.75) is 32.5 Å². The summed E-state index contributed by atoms with van der Waals surface area (Å²) in [4.78, 5) is 28.6. The van der Waals surface area contributed by atoms with Crippen LogP contribution in [0.3, 0.4) is 0 Å². The lowest BCUT2D eigenvalue weighted by Gasteiger charge is -2.29. The second-order valence-corrected chi connectivity index (χ2v) is 7.12. The second kappa shape index (κ2) is 9.11. The molecule has 160 valence electrons. The SMILES string of the molecule is CCOc1cc(C(CC(=O)N(C)C)N2Cc3ccccc3C2=O)ccc1OC(F)F. The molecule has 30 heavy (non-hydrogen) atoms. The van der Waals surface area contributed by atoms with Crippen molar-refractivity contribution >= 4 is 11.8 Å². The van der Waals surface area contributed by atoms with Crippen LogP contribution in [-0.4, -0.2) is 48.9 Å². The molecule has 0 fully saturated rings. The Morgan fingerprint density at radius 2 is 1.90 bits per heavy atom. The smallest absolute Gasteiger partial charge is 0.387 e. The average molecular weight is 418 g/mol. The van der Waals surface area contributed by atoms with Crippen molar-refractivity contribution in [1.82, 2.24) is 9.80 Å². The summed E-state index contributed by atoms with van der Waals surface area (Å²) in [7, 11) is 3.29. The standard InChI is InChI=1S/C22H24F2N2O4/c1-4-29-19-11-14(9-10-18(19)30-22(23)24)17(12-20(27)25(2)3)26-13-15-7-5-6-8-16(15)21(26)28/h5-11,17,22H,4,12-13H2,1-3H3. The van der Waals surface area contributed by atoms with Gasteiger partial charge < -0.3 is 19.3 Å². The zero-order valence-electron chi connectivity index (χ0n) is 17.1. The number of hydrogen-bond donors (Lipinski definition) is 0. The molecule has 2 aromatic rings. The van der Waals surface area contributed by atoms with Crippen LogP contribution in [0.25, 0.3) is 0 Å². The van der Waals surface area contributed by atoms with Gasteiger partial charge >= 0.3 is 6.61 Å². The molecule has 1 atom stereocenters. The van der Waals surface area contributed by atoms with E-state index in [0.29, 0.717) is 17.7 Å². The van der Waals surface area contributed by atoms with Crippen molar-refractivity contribution in [3.8, 4) is 11.5 Å². The second-order valence-electron chi connectivity index (χ2n) is 7.12. The zero-order chi connectivity index (χ0) is 21.8. The predicted octanol–water partition coefficient (Wildman–Crippen LogP) is 3.86. The van der Waals surface area contributed by atoms with Crippen molar-refractivity contribution in [3.63, 3.8) is 0 Å². The van der Waals surface area contributed by atoms with Gasteiger partial charge in [-0.3, -0.25) is 9.59 Å². The molecule has 1 aliphatic rings. The molecule has 1 unspecified atom stereocenters. The Labute approximate surface area is 174 Å². The maximum atomic E-state index is 13.0. The maximum Gasteiger partial charge on any atom is 0.387 e. The van der Waals surface area contributed by atoms with Crippen molar-refractivity contribution < 1.29 is 27.8 Å². The van der Waals surface area contributed by atoms with Gasteiger partial charge in [0.05, 0.1) is 19.1 Å². The van der Waals surface area contributed by atoms with Crippen LogP contribution in [0, 0.1) is 0 Å². The van der Waals surface area contributed by atoms with Gasteiger partial charge in [-0.15, -0.1) is 0 Å². The number of alkyl halides is 2. The average Bonchev–Trinajstić information content (AvgIpc) is 3.04. The highest BCUT2D eigenvalue weighted by Crippen LogP contribution is 2.38. The summed E-state index contributed by atoms with van der Waals surface area (Å²) < 4.78 is 35.5. The Bertz CT molecular complexity index is 933. The number of halogens is 2. The van der Waals surface area contributed by atoms with Crippen molar-refractivity contribution in [2.75, 3.05) is 20.7 Å². The molecular formula is C22H24F2N2O4. The number of carbonyl (C=O) groups excluding carboxylic acids is 2. The lowest BCUT2D eigenvalue weighted by Crippen LogP contribution is -2.34. The van der Waals surface area contributed by atoms with Crippen molar-refractivity contribution in [1.29, 1.82) is 0 Å². The summed E-state index contributed by atoms with van der Waals surface area (Å²) in [5.41, 5.74) is 2.09. The molecule has 0 radical (unpaired) electrons. The maximum absolute atomic E-state index is 13.0. The van der Waals surface area contributed by atoms with Gasteiger partial charge in [0.25, 0.3) is 5.91 Å². The van der Waals surface area contributed by atoms with Gasteiger partial charge in [0, 0.05) is 26.2 Å². The third-order valence-corrected chi connectivity index (χ3v) is 4.96. The summed E-state index contributed by atoms with van der Waals surface area (Å²) >= 11 is 0. The van der Waals surface area contributed by atoms with Crippen LogP contribution in [0.4, 0.5) is 8.78 Å².